The molecule has 0 aliphatic carbocycles. The van der Waals surface area contributed by atoms with Crippen LogP contribution in [0.3, 0.4) is 0 Å². The molecule has 1 heterocycles. The third kappa shape index (κ3) is 1.98. The van der Waals surface area contributed by atoms with E-state index in [1.54, 1.807) is 7.11 Å². The number of aryl methyl sites for hydroxylation is 2. The Bertz CT molecular complexity index is 847. The van der Waals surface area contributed by atoms with Gasteiger partial charge >= 0.3 is 0 Å². The predicted octanol–water partition coefficient (Wildman–Crippen LogP) is 3.66. The van der Waals surface area contributed by atoms with Crippen LogP contribution in [0.4, 0.5) is 0 Å². The zero-order chi connectivity index (χ0) is 14.4. The van der Waals surface area contributed by atoms with Crippen molar-refractivity contribution in [3.63, 3.8) is 0 Å². The van der Waals surface area contributed by atoms with Gasteiger partial charge in [0.1, 0.15) is 10.4 Å². The second-order valence-corrected chi connectivity index (χ2v) is 5.61. The third-order valence-corrected chi connectivity index (χ3v) is 4.24. The molecule has 0 unspecified atom stereocenters. The van der Waals surface area contributed by atoms with Crippen molar-refractivity contribution in [2.45, 2.75) is 13.8 Å². The Kier molecular flexibility index (Phi) is 3.19. The van der Waals surface area contributed by atoms with Crippen molar-refractivity contribution >= 4 is 45.0 Å². The summed E-state index contributed by atoms with van der Waals surface area (Å²) in [6.45, 7) is 3.90. The fourth-order valence-corrected chi connectivity index (χ4v) is 2.62. The molecule has 0 aliphatic heterocycles. The van der Waals surface area contributed by atoms with Crippen LogP contribution in [0, 0.1) is 13.8 Å². The van der Waals surface area contributed by atoms with E-state index in [0.717, 1.165) is 32.9 Å². The van der Waals surface area contributed by atoms with Crippen molar-refractivity contribution in [2.24, 2.45) is 0 Å². The number of rotatable bonds is 1. The van der Waals surface area contributed by atoms with E-state index in [-0.39, 0.29) is 0 Å². The molecule has 5 heteroatoms. The van der Waals surface area contributed by atoms with E-state index in [0.29, 0.717) is 10.0 Å². The van der Waals surface area contributed by atoms with Gasteiger partial charge < -0.3 is 0 Å². The molecule has 0 atom stereocenters. The van der Waals surface area contributed by atoms with E-state index in [1.165, 1.54) is 4.85 Å². The van der Waals surface area contributed by atoms with Crippen molar-refractivity contribution in [3.05, 3.63) is 45.4 Å². The van der Waals surface area contributed by atoms with Gasteiger partial charge in [-0.1, -0.05) is 23.2 Å². The van der Waals surface area contributed by atoms with Crippen LogP contribution in [0.15, 0.2) is 24.3 Å². The minimum atomic E-state index is 0.712. The lowest BCUT2D eigenvalue weighted by atomic mass is 10.1. The number of fused-ring (bicyclic) bond motifs is 3. The first-order valence-corrected chi connectivity index (χ1v) is 6.93. The summed E-state index contributed by atoms with van der Waals surface area (Å²) in [5.74, 6) is 0. The Morgan fingerprint density at radius 1 is 0.950 bits per heavy atom. The second-order valence-electron chi connectivity index (χ2n) is 4.79. The van der Waals surface area contributed by atoms with Gasteiger partial charge in [0.15, 0.2) is 7.11 Å². The lowest BCUT2D eigenvalue weighted by Crippen LogP contribution is -2.45. The molecule has 1 aromatic heterocycles. The van der Waals surface area contributed by atoms with Gasteiger partial charge in [0.05, 0.1) is 10.5 Å². The SMILES string of the molecule is CO[n+]1nc2cc(C)c(Cl)cc2c2cc(Cl)c(C)cc21. The topological polar surface area (TPSA) is 26.0 Å². The maximum atomic E-state index is 6.25. The number of benzene rings is 2. The zero-order valence-corrected chi connectivity index (χ0v) is 12.9. The van der Waals surface area contributed by atoms with Crippen molar-refractivity contribution < 1.29 is 9.68 Å². The molecular formula is C15H13Cl2N2O+. The molecule has 0 N–H and O–H groups in total. The molecule has 3 rings (SSSR count). The fraction of sp³-hybridized carbons (Fsp3) is 0.200. The van der Waals surface area contributed by atoms with Gasteiger partial charge in [0.2, 0.25) is 0 Å². The maximum absolute atomic E-state index is 6.25. The Labute approximate surface area is 126 Å². The minimum absolute atomic E-state index is 0.712. The molecule has 0 aliphatic rings. The molecule has 0 amide bonds. The maximum Gasteiger partial charge on any atom is 0.297 e. The first kappa shape index (κ1) is 13.4. The normalized spacial score (nSPS) is 11.2. The van der Waals surface area contributed by atoms with E-state index in [2.05, 4.69) is 5.10 Å². The first-order chi connectivity index (χ1) is 9.51. The lowest BCUT2D eigenvalue weighted by molar-refractivity contribution is -0.908. The molecule has 2 aromatic carbocycles. The van der Waals surface area contributed by atoms with Crippen LogP contribution < -0.4 is 9.68 Å². The molecule has 0 spiro atoms. The van der Waals surface area contributed by atoms with Crippen LogP contribution in [0.25, 0.3) is 21.8 Å². The van der Waals surface area contributed by atoms with Crippen LogP contribution in [-0.2, 0) is 0 Å². The molecule has 0 fully saturated rings. The highest BCUT2D eigenvalue weighted by Crippen LogP contribution is 2.29. The Hall–Kier alpha value is -1.58. The molecule has 0 bridgehead atoms. The summed E-state index contributed by atoms with van der Waals surface area (Å²) in [6, 6.07) is 7.76. The minimum Gasteiger partial charge on any atom is -0.248 e. The van der Waals surface area contributed by atoms with Crippen LogP contribution >= 0.6 is 23.2 Å². The zero-order valence-electron chi connectivity index (χ0n) is 11.4. The quantitative estimate of drug-likeness (QED) is 0.506. The van der Waals surface area contributed by atoms with Crippen LogP contribution in [-0.4, -0.2) is 12.2 Å². The van der Waals surface area contributed by atoms with Gasteiger partial charge in [0.25, 0.3) is 5.52 Å². The largest absolute Gasteiger partial charge is 0.297 e. The number of halogens is 2. The number of hydrogen-bond acceptors (Lipinski definition) is 2. The number of nitrogens with zero attached hydrogens (tertiary/aromatic N) is 2. The van der Waals surface area contributed by atoms with E-state index in [4.69, 9.17) is 28.0 Å². The van der Waals surface area contributed by atoms with Gasteiger partial charge in [-0.3, -0.25) is 0 Å². The third-order valence-electron chi connectivity index (χ3n) is 3.42. The smallest absolute Gasteiger partial charge is 0.248 e. The molecule has 0 saturated carbocycles. The van der Waals surface area contributed by atoms with Crippen molar-refractivity contribution in [2.75, 3.05) is 7.11 Å². The van der Waals surface area contributed by atoms with Crippen molar-refractivity contribution in [3.8, 4) is 0 Å². The highest BCUT2D eigenvalue weighted by atomic mass is 35.5. The number of aromatic nitrogens is 2. The van der Waals surface area contributed by atoms with Gasteiger partial charge in [-0.25, -0.2) is 4.84 Å². The Balaban J connectivity index is 2.56. The van der Waals surface area contributed by atoms with Gasteiger partial charge in [-0.15, -0.1) is 0 Å². The van der Waals surface area contributed by atoms with Crippen LogP contribution in [0.1, 0.15) is 11.1 Å². The summed E-state index contributed by atoms with van der Waals surface area (Å²) in [6.07, 6.45) is 0. The Morgan fingerprint density at radius 3 is 2.20 bits per heavy atom. The average Bonchev–Trinajstić information content (AvgIpc) is 2.42. The molecular weight excluding hydrogens is 295 g/mol. The summed E-state index contributed by atoms with van der Waals surface area (Å²) >= 11 is 12.5. The molecule has 0 saturated heterocycles. The first-order valence-electron chi connectivity index (χ1n) is 6.18. The Morgan fingerprint density at radius 2 is 1.55 bits per heavy atom. The lowest BCUT2D eigenvalue weighted by Gasteiger charge is -2.05. The molecule has 20 heavy (non-hydrogen) atoms. The molecule has 0 radical (unpaired) electrons. The van der Waals surface area contributed by atoms with Crippen molar-refractivity contribution in [1.29, 1.82) is 0 Å². The summed E-state index contributed by atoms with van der Waals surface area (Å²) in [5, 5.41) is 7.85. The van der Waals surface area contributed by atoms with Crippen LogP contribution in [0.2, 0.25) is 10.0 Å². The van der Waals surface area contributed by atoms with E-state index in [1.807, 2.05) is 38.1 Å². The standard InChI is InChI=1S/C15H13Cl2N2O/c1-8-4-14-10(6-12(8)16)11-7-13(17)9(2)5-15(11)19(18-14)20-3/h4-7H,1-3H3/q+1. The summed E-state index contributed by atoms with van der Waals surface area (Å²) in [7, 11) is 1.59. The monoisotopic (exact) mass is 307 g/mol. The van der Waals surface area contributed by atoms with Gasteiger partial charge in [-0.05, 0) is 43.2 Å². The van der Waals surface area contributed by atoms with Crippen LogP contribution in [0.5, 0.6) is 0 Å². The van der Waals surface area contributed by atoms with Gasteiger partial charge in [-0.2, -0.15) is 0 Å². The van der Waals surface area contributed by atoms with E-state index in [9.17, 15) is 0 Å². The van der Waals surface area contributed by atoms with E-state index < -0.39 is 0 Å². The van der Waals surface area contributed by atoms with E-state index >= 15 is 0 Å². The average molecular weight is 308 g/mol. The number of hydrogen-bond donors (Lipinski definition) is 0. The highest BCUT2D eigenvalue weighted by Gasteiger charge is 2.19. The van der Waals surface area contributed by atoms with Crippen molar-refractivity contribution in [1.82, 2.24) is 5.10 Å². The summed E-state index contributed by atoms with van der Waals surface area (Å²) < 4.78 is 0. The second kappa shape index (κ2) is 4.76. The molecule has 102 valence electrons. The predicted molar refractivity (Wildman–Crippen MR) is 81.4 cm³/mol. The molecule has 3 nitrogen and oxygen atoms in total. The molecule has 3 aromatic rings. The summed E-state index contributed by atoms with van der Waals surface area (Å²) in [5.41, 5.74) is 3.64. The summed E-state index contributed by atoms with van der Waals surface area (Å²) in [4.78, 5) is 6.84. The van der Waals surface area contributed by atoms with Gasteiger partial charge in [0, 0.05) is 21.5 Å². The fourth-order valence-electron chi connectivity index (χ4n) is 2.30. The highest BCUT2D eigenvalue weighted by molar-refractivity contribution is 6.33.